The Labute approximate surface area is 137 Å². The number of carbonyl (C=O) groups is 2. The molecule has 0 aliphatic carbocycles. The summed E-state index contributed by atoms with van der Waals surface area (Å²) in [5.41, 5.74) is 0.546. The van der Waals surface area contributed by atoms with Crippen LogP contribution in [-0.2, 0) is 18.4 Å². The molecular weight excluding hydrogens is 318 g/mol. The second kappa shape index (κ2) is 5.89. The Morgan fingerprint density at radius 3 is 2.48 bits per heavy atom. The van der Waals surface area contributed by atoms with Gasteiger partial charge in [-0.25, -0.2) is 9.69 Å². The molecule has 3 amide bonds. The maximum absolute atomic E-state index is 12.5. The Hall–Kier alpha value is -2.60. The molecule has 1 aromatic heterocycles. The summed E-state index contributed by atoms with van der Waals surface area (Å²) in [4.78, 5) is 39.2. The van der Waals surface area contributed by atoms with E-state index >= 15 is 0 Å². The van der Waals surface area contributed by atoms with Crippen molar-refractivity contribution >= 4 is 29.2 Å². The van der Waals surface area contributed by atoms with Crippen LogP contribution in [0.3, 0.4) is 0 Å². The van der Waals surface area contributed by atoms with Crippen LogP contribution in [0.4, 0.5) is 10.5 Å². The first-order valence-corrected chi connectivity index (χ1v) is 7.37. The van der Waals surface area contributed by atoms with Crippen LogP contribution in [0, 0.1) is 0 Å². The largest absolute Gasteiger partial charge is 0.332 e. The van der Waals surface area contributed by atoms with E-state index in [9.17, 15) is 14.4 Å². The van der Waals surface area contributed by atoms with Crippen LogP contribution in [0.1, 0.15) is 5.56 Å². The molecule has 1 aliphatic heterocycles. The minimum atomic E-state index is -0.492. The summed E-state index contributed by atoms with van der Waals surface area (Å²) in [5.74, 6) is -0.410. The Kier molecular flexibility index (Phi) is 3.92. The number of anilines is 1. The highest BCUT2D eigenvalue weighted by Crippen LogP contribution is 2.20. The quantitative estimate of drug-likeness (QED) is 0.808. The minimum absolute atomic E-state index is 0.0560. The van der Waals surface area contributed by atoms with E-state index in [4.69, 9.17) is 11.6 Å². The molecule has 0 N–H and O–H groups in total. The third-order valence-corrected chi connectivity index (χ3v) is 3.92. The topological polar surface area (TPSA) is 62.6 Å². The molecule has 0 spiro atoms. The molecule has 0 atom stereocenters. The first-order chi connectivity index (χ1) is 11.0. The van der Waals surface area contributed by atoms with Crippen LogP contribution in [0.25, 0.3) is 0 Å². The van der Waals surface area contributed by atoms with E-state index in [1.807, 2.05) is 0 Å². The fourth-order valence-corrected chi connectivity index (χ4v) is 2.60. The summed E-state index contributed by atoms with van der Waals surface area (Å²) >= 11 is 5.84. The molecule has 6 nitrogen and oxygen atoms in total. The minimum Gasteiger partial charge on any atom is -0.317 e. The van der Waals surface area contributed by atoms with Crippen LogP contribution >= 0.6 is 11.6 Å². The second-order valence-corrected chi connectivity index (χ2v) is 5.74. The Balaban J connectivity index is 1.87. The van der Waals surface area contributed by atoms with Gasteiger partial charge >= 0.3 is 6.03 Å². The van der Waals surface area contributed by atoms with Gasteiger partial charge in [0.05, 0.1) is 0 Å². The zero-order valence-electron chi connectivity index (χ0n) is 12.4. The first kappa shape index (κ1) is 15.3. The molecule has 1 aliphatic rings. The molecule has 3 rings (SSSR count). The predicted molar refractivity (Wildman–Crippen MR) is 86.4 cm³/mol. The molecule has 0 saturated carbocycles. The van der Waals surface area contributed by atoms with Crippen molar-refractivity contribution in [3.63, 3.8) is 0 Å². The molecule has 1 aromatic carbocycles. The normalized spacial score (nSPS) is 14.7. The van der Waals surface area contributed by atoms with Crippen LogP contribution in [0.2, 0.25) is 5.02 Å². The van der Waals surface area contributed by atoms with E-state index in [1.54, 1.807) is 43.6 Å². The number of pyridine rings is 1. The summed E-state index contributed by atoms with van der Waals surface area (Å²) in [6, 6.07) is 9.65. The van der Waals surface area contributed by atoms with Crippen molar-refractivity contribution in [3.8, 4) is 0 Å². The molecule has 1 saturated heterocycles. The van der Waals surface area contributed by atoms with Gasteiger partial charge in [0.2, 0.25) is 0 Å². The molecule has 2 aromatic rings. The number of halogens is 1. The zero-order chi connectivity index (χ0) is 16.6. The lowest BCUT2D eigenvalue weighted by Crippen LogP contribution is -2.37. The van der Waals surface area contributed by atoms with Crippen molar-refractivity contribution in [1.29, 1.82) is 0 Å². The molecule has 7 heteroatoms. The van der Waals surface area contributed by atoms with Gasteiger partial charge < -0.3 is 9.47 Å². The SMILES string of the molecule is Cn1cccc(N2C(=O)CN(Cc3ccc(Cl)cc3)C2=O)c1=O. The zero-order valence-corrected chi connectivity index (χ0v) is 13.2. The van der Waals surface area contributed by atoms with E-state index in [0.717, 1.165) is 10.5 Å². The molecule has 2 heterocycles. The molecule has 118 valence electrons. The monoisotopic (exact) mass is 331 g/mol. The Morgan fingerprint density at radius 2 is 1.78 bits per heavy atom. The van der Waals surface area contributed by atoms with Crippen molar-refractivity contribution in [2.75, 3.05) is 11.4 Å². The summed E-state index contributed by atoms with van der Waals surface area (Å²) in [6.07, 6.45) is 1.57. The first-order valence-electron chi connectivity index (χ1n) is 6.99. The number of urea groups is 1. The van der Waals surface area contributed by atoms with Gasteiger partial charge in [0.1, 0.15) is 12.2 Å². The van der Waals surface area contributed by atoms with Crippen LogP contribution < -0.4 is 10.5 Å². The second-order valence-electron chi connectivity index (χ2n) is 5.30. The van der Waals surface area contributed by atoms with Gasteiger partial charge in [-0.05, 0) is 29.8 Å². The summed E-state index contributed by atoms with van der Waals surface area (Å²) < 4.78 is 1.33. The van der Waals surface area contributed by atoms with Crippen molar-refractivity contribution < 1.29 is 9.59 Å². The lowest BCUT2D eigenvalue weighted by Gasteiger charge is -2.17. The third-order valence-electron chi connectivity index (χ3n) is 3.67. The third kappa shape index (κ3) is 2.85. The van der Waals surface area contributed by atoms with Gasteiger partial charge in [0.15, 0.2) is 0 Å². The van der Waals surface area contributed by atoms with E-state index in [1.165, 1.54) is 15.5 Å². The van der Waals surface area contributed by atoms with Crippen LogP contribution in [0.5, 0.6) is 0 Å². The average molecular weight is 332 g/mol. The maximum Gasteiger partial charge on any atom is 0.332 e. The van der Waals surface area contributed by atoms with Gasteiger partial charge in [-0.3, -0.25) is 9.59 Å². The van der Waals surface area contributed by atoms with Gasteiger partial charge in [0, 0.05) is 24.8 Å². The van der Waals surface area contributed by atoms with E-state index in [0.29, 0.717) is 5.02 Å². The number of nitrogens with zero attached hydrogens (tertiary/aromatic N) is 3. The number of aromatic nitrogens is 1. The van der Waals surface area contributed by atoms with Crippen LogP contribution in [-0.4, -0.2) is 28.0 Å². The van der Waals surface area contributed by atoms with Crippen molar-refractivity contribution in [2.24, 2.45) is 7.05 Å². The summed E-state index contributed by atoms with van der Waals surface area (Å²) in [6.45, 7) is 0.227. The lowest BCUT2D eigenvalue weighted by molar-refractivity contribution is -0.116. The maximum atomic E-state index is 12.5. The molecule has 0 radical (unpaired) electrons. The fraction of sp³-hybridized carbons (Fsp3) is 0.188. The highest BCUT2D eigenvalue weighted by atomic mass is 35.5. The number of benzene rings is 1. The van der Waals surface area contributed by atoms with Gasteiger partial charge in [-0.1, -0.05) is 23.7 Å². The van der Waals surface area contributed by atoms with E-state index in [-0.39, 0.29) is 24.3 Å². The van der Waals surface area contributed by atoms with Gasteiger partial charge in [0.25, 0.3) is 11.5 Å². The van der Waals surface area contributed by atoms with E-state index in [2.05, 4.69) is 0 Å². The van der Waals surface area contributed by atoms with Crippen molar-refractivity contribution in [2.45, 2.75) is 6.54 Å². The molecule has 1 fully saturated rings. The van der Waals surface area contributed by atoms with Crippen LogP contribution in [0.15, 0.2) is 47.4 Å². The number of rotatable bonds is 3. The van der Waals surface area contributed by atoms with Crippen molar-refractivity contribution in [3.05, 3.63) is 63.5 Å². The molecule has 0 unspecified atom stereocenters. The number of hydrogen-bond acceptors (Lipinski definition) is 3. The van der Waals surface area contributed by atoms with Gasteiger partial charge in [-0.2, -0.15) is 0 Å². The number of imide groups is 1. The summed E-state index contributed by atoms with van der Waals surface area (Å²) in [7, 11) is 1.57. The number of carbonyl (C=O) groups excluding carboxylic acids is 2. The highest BCUT2D eigenvalue weighted by molar-refractivity contribution is 6.30. The Bertz CT molecular complexity index is 829. The number of amides is 3. The Morgan fingerprint density at radius 1 is 1.09 bits per heavy atom. The fourth-order valence-electron chi connectivity index (χ4n) is 2.47. The lowest BCUT2D eigenvalue weighted by atomic mass is 10.2. The van der Waals surface area contributed by atoms with Gasteiger partial charge in [-0.15, -0.1) is 0 Å². The number of hydrogen-bond donors (Lipinski definition) is 0. The summed E-state index contributed by atoms with van der Waals surface area (Å²) in [5, 5.41) is 0.604. The molecule has 23 heavy (non-hydrogen) atoms. The highest BCUT2D eigenvalue weighted by Gasteiger charge is 2.38. The standard InChI is InChI=1S/C16H14ClN3O3/c1-18-8-2-3-13(15(18)22)20-14(21)10-19(16(20)23)9-11-4-6-12(17)7-5-11/h2-8H,9-10H2,1H3. The predicted octanol–water partition coefficient (Wildman–Crippen LogP) is 2.01. The number of aryl methyl sites for hydroxylation is 1. The van der Waals surface area contributed by atoms with Crippen molar-refractivity contribution in [1.82, 2.24) is 9.47 Å². The molecular formula is C16H14ClN3O3. The average Bonchev–Trinajstić information content (AvgIpc) is 2.79. The smallest absolute Gasteiger partial charge is 0.317 e. The van der Waals surface area contributed by atoms with E-state index < -0.39 is 11.9 Å². The molecule has 0 bridgehead atoms.